The normalized spacial score (nSPS) is 23.8. The topological polar surface area (TPSA) is 56.3 Å². The maximum absolute atomic E-state index is 5.91. The number of morpholine rings is 1. The van der Waals surface area contributed by atoms with E-state index < -0.39 is 0 Å². The van der Waals surface area contributed by atoms with Crippen molar-refractivity contribution in [3.05, 3.63) is 18.2 Å². The highest BCUT2D eigenvalue weighted by Gasteiger charge is 2.20. The van der Waals surface area contributed by atoms with Crippen LogP contribution in [0.3, 0.4) is 0 Å². The van der Waals surface area contributed by atoms with Gasteiger partial charge >= 0.3 is 0 Å². The van der Waals surface area contributed by atoms with Gasteiger partial charge in [-0.15, -0.1) is 0 Å². The number of likely N-dealkylation sites (N-methyl/N-ethyl adjacent to an activating group) is 1. The quantitative estimate of drug-likeness (QED) is 0.835. The SMILES string of the molecule is CCN1CCOC(Cn2cncc2C(C)N)C1. The van der Waals surface area contributed by atoms with Crippen LogP contribution in [0.5, 0.6) is 0 Å². The highest BCUT2D eigenvalue weighted by molar-refractivity contribution is 5.03. The highest BCUT2D eigenvalue weighted by atomic mass is 16.5. The summed E-state index contributed by atoms with van der Waals surface area (Å²) in [5, 5.41) is 0. The van der Waals surface area contributed by atoms with Crippen molar-refractivity contribution in [3.63, 3.8) is 0 Å². The van der Waals surface area contributed by atoms with Crippen molar-refractivity contribution in [1.82, 2.24) is 14.5 Å². The fourth-order valence-corrected chi connectivity index (χ4v) is 2.26. The number of nitrogens with two attached hydrogens (primary N) is 1. The summed E-state index contributed by atoms with van der Waals surface area (Å²) in [5.41, 5.74) is 6.98. The minimum absolute atomic E-state index is 0.0170. The molecule has 2 unspecified atom stereocenters. The zero-order valence-electron chi connectivity index (χ0n) is 10.7. The molecule has 0 bridgehead atoms. The Balaban J connectivity index is 1.98. The number of hydrogen-bond donors (Lipinski definition) is 1. The van der Waals surface area contributed by atoms with Crippen LogP contribution in [0.4, 0.5) is 0 Å². The molecule has 2 atom stereocenters. The summed E-state index contributed by atoms with van der Waals surface area (Å²) in [4.78, 5) is 6.58. The van der Waals surface area contributed by atoms with Crippen LogP contribution in [0.1, 0.15) is 25.6 Å². The molecule has 0 saturated carbocycles. The van der Waals surface area contributed by atoms with Crippen molar-refractivity contribution in [2.45, 2.75) is 32.5 Å². The molecule has 5 heteroatoms. The van der Waals surface area contributed by atoms with Crippen LogP contribution in [0.2, 0.25) is 0 Å². The zero-order valence-corrected chi connectivity index (χ0v) is 10.7. The Morgan fingerprint density at radius 1 is 1.65 bits per heavy atom. The third-order valence-electron chi connectivity index (χ3n) is 3.28. The molecule has 1 aromatic heterocycles. The molecular formula is C12H22N4O. The second-order valence-corrected chi connectivity index (χ2v) is 4.65. The van der Waals surface area contributed by atoms with Gasteiger partial charge in [0, 0.05) is 25.3 Å². The van der Waals surface area contributed by atoms with Crippen LogP contribution in [-0.4, -0.2) is 46.8 Å². The average Bonchev–Trinajstić information content (AvgIpc) is 2.77. The molecule has 1 saturated heterocycles. The predicted molar refractivity (Wildman–Crippen MR) is 66.7 cm³/mol. The van der Waals surface area contributed by atoms with E-state index >= 15 is 0 Å². The van der Waals surface area contributed by atoms with E-state index in [1.807, 2.05) is 19.4 Å². The molecule has 0 aliphatic carbocycles. The van der Waals surface area contributed by atoms with E-state index in [1.165, 1.54) is 0 Å². The number of ether oxygens (including phenoxy) is 1. The fraction of sp³-hybridized carbons (Fsp3) is 0.750. The third kappa shape index (κ3) is 3.06. The Kier molecular flexibility index (Phi) is 4.15. The molecule has 2 heterocycles. The van der Waals surface area contributed by atoms with Gasteiger partial charge in [-0.1, -0.05) is 6.92 Å². The molecule has 0 aromatic carbocycles. The summed E-state index contributed by atoms with van der Waals surface area (Å²) in [6.07, 6.45) is 3.92. The van der Waals surface area contributed by atoms with Gasteiger partial charge < -0.3 is 15.0 Å². The van der Waals surface area contributed by atoms with Gasteiger partial charge in [-0.2, -0.15) is 0 Å². The third-order valence-corrected chi connectivity index (χ3v) is 3.28. The Morgan fingerprint density at radius 2 is 2.47 bits per heavy atom. The smallest absolute Gasteiger partial charge is 0.0949 e. The molecule has 0 amide bonds. The average molecular weight is 238 g/mol. The maximum atomic E-state index is 5.91. The molecule has 96 valence electrons. The molecule has 1 aliphatic rings. The molecule has 1 aromatic rings. The first-order valence-electron chi connectivity index (χ1n) is 6.30. The van der Waals surface area contributed by atoms with E-state index in [4.69, 9.17) is 10.5 Å². The summed E-state index contributed by atoms with van der Waals surface area (Å²) >= 11 is 0. The lowest BCUT2D eigenvalue weighted by Crippen LogP contribution is -2.44. The van der Waals surface area contributed by atoms with Crippen molar-refractivity contribution >= 4 is 0 Å². The summed E-state index contributed by atoms with van der Waals surface area (Å²) in [6, 6.07) is 0.0170. The van der Waals surface area contributed by atoms with Gasteiger partial charge in [-0.05, 0) is 13.5 Å². The van der Waals surface area contributed by atoms with Crippen molar-refractivity contribution in [1.29, 1.82) is 0 Å². The standard InChI is InChI=1S/C12H22N4O/c1-3-15-4-5-17-11(7-15)8-16-9-14-6-12(16)10(2)13/h6,9-11H,3-5,7-8,13H2,1-2H3. The molecule has 1 aliphatic heterocycles. The van der Waals surface area contributed by atoms with Gasteiger partial charge in [0.1, 0.15) is 0 Å². The summed E-state index contributed by atoms with van der Waals surface area (Å²) < 4.78 is 7.89. The molecule has 2 N–H and O–H groups in total. The Hall–Kier alpha value is -0.910. The first-order chi connectivity index (χ1) is 8.20. The Labute approximate surface area is 103 Å². The lowest BCUT2D eigenvalue weighted by atomic mass is 10.2. The van der Waals surface area contributed by atoms with E-state index in [0.717, 1.165) is 38.5 Å². The van der Waals surface area contributed by atoms with Gasteiger partial charge in [0.15, 0.2) is 0 Å². The number of nitrogens with zero attached hydrogens (tertiary/aromatic N) is 3. The van der Waals surface area contributed by atoms with E-state index in [2.05, 4.69) is 21.4 Å². The summed E-state index contributed by atoms with van der Waals surface area (Å²) in [6.45, 7) is 8.95. The van der Waals surface area contributed by atoms with Crippen LogP contribution in [0.25, 0.3) is 0 Å². The molecule has 5 nitrogen and oxygen atoms in total. The monoisotopic (exact) mass is 238 g/mol. The molecular weight excluding hydrogens is 216 g/mol. The van der Waals surface area contributed by atoms with Crippen LogP contribution >= 0.6 is 0 Å². The fourth-order valence-electron chi connectivity index (χ4n) is 2.26. The number of hydrogen-bond acceptors (Lipinski definition) is 4. The van der Waals surface area contributed by atoms with Gasteiger partial charge in [0.2, 0.25) is 0 Å². The lowest BCUT2D eigenvalue weighted by Gasteiger charge is -2.32. The van der Waals surface area contributed by atoms with Crippen molar-refractivity contribution in [2.24, 2.45) is 5.73 Å². The maximum Gasteiger partial charge on any atom is 0.0949 e. The zero-order chi connectivity index (χ0) is 12.3. The number of imidazole rings is 1. The summed E-state index contributed by atoms with van der Waals surface area (Å²) in [5.74, 6) is 0. The minimum atomic E-state index is 0.0170. The van der Waals surface area contributed by atoms with Gasteiger partial charge in [-0.3, -0.25) is 4.90 Å². The first-order valence-corrected chi connectivity index (χ1v) is 6.30. The molecule has 17 heavy (non-hydrogen) atoms. The van der Waals surface area contributed by atoms with Crippen molar-refractivity contribution in [3.8, 4) is 0 Å². The van der Waals surface area contributed by atoms with Crippen LogP contribution in [0.15, 0.2) is 12.5 Å². The Morgan fingerprint density at radius 3 is 3.18 bits per heavy atom. The van der Waals surface area contributed by atoms with Gasteiger partial charge in [0.25, 0.3) is 0 Å². The molecule has 2 rings (SSSR count). The minimum Gasteiger partial charge on any atom is -0.374 e. The number of rotatable bonds is 4. The predicted octanol–water partition coefficient (Wildman–Crippen LogP) is 0.623. The first kappa shape index (κ1) is 12.5. The van der Waals surface area contributed by atoms with Crippen LogP contribution in [0, 0.1) is 0 Å². The van der Waals surface area contributed by atoms with Crippen molar-refractivity contribution < 1.29 is 4.74 Å². The van der Waals surface area contributed by atoms with Crippen LogP contribution < -0.4 is 5.73 Å². The van der Waals surface area contributed by atoms with Gasteiger partial charge in [-0.25, -0.2) is 4.98 Å². The largest absolute Gasteiger partial charge is 0.374 e. The highest BCUT2D eigenvalue weighted by Crippen LogP contribution is 2.12. The second-order valence-electron chi connectivity index (χ2n) is 4.65. The van der Waals surface area contributed by atoms with E-state index in [-0.39, 0.29) is 12.1 Å². The second kappa shape index (κ2) is 5.62. The van der Waals surface area contributed by atoms with Crippen molar-refractivity contribution in [2.75, 3.05) is 26.2 Å². The van der Waals surface area contributed by atoms with E-state index in [1.54, 1.807) is 0 Å². The van der Waals surface area contributed by atoms with E-state index in [0.29, 0.717) is 0 Å². The summed E-state index contributed by atoms with van der Waals surface area (Å²) in [7, 11) is 0. The lowest BCUT2D eigenvalue weighted by molar-refractivity contribution is -0.0346. The molecule has 0 spiro atoms. The molecule has 0 radical (unpaired) electrons. The molecule has 1 fully saturated rings. The van der Waals surface area contributed by atoms with Gasteiger partial charge in [0.05, 0.1) is 31.3 Å². The van der Waals surface area contributed by atoms with E-state index in [9.17, 15) is 0 Å². The number of aromatic nitrogens is 2. The Bertz CT molecular complexity index is 350. The van der Waals surface area contributed by atoms with Crippen LogP contribution in [-0.2, 0) is 11.3 Å².